The molecule has 4 aromatic rings. The minimum absolute atomic E-state index is 0.0573. The Balaban J connectivity index is 1.45. The molecule has 4 rings (SSSR count). The normalized spacial score (nSPS) is 10.4. The van der Waals surface area contributed by atoms with Gasteiger partial charge in [-0.05, 0) is 41.8 Å². The molecule has 0 spiro atoms. The van der Waals surface area contributed by atoms with Crippen molar-refractivity contribution in [3.05, 3.63) is 70.6 Å². The summed E-state index contributed by atoms with van der Waals surface area (Å²) in [6.07, 6.45) is 1.05. The van der Waals surface area contributed by atoms with E-state index in [9.17, 15) is 15.3 Å². The zero-order chi connectivity index (χ0) is 27.1. The number of thiazole rings is 1. The van der Waals surface area contributed by atoms with Gasteiger partial charge in [-0.25, -0.2) is 9.97 Å². The molecule has 0 fully saturated rings. The molecule has 0 aliphatic heterocycles. The van der Waals surface area contributed by atoms with Crippen molar-refractivity contribution in [2.24, 2.45) is 0 Å². The Morgan fingerprint density at radius 2 is 1.74 bits per heavy atom. The van der Waals surface area contributed by atoms with Crippen LogP contribution in [0.15, 0.2) is 58.9 Å². The number of anilines is 2. The highest BCUT2D eigenvalue weighted by Gasteiger charge is 2.21. The van der Waals surface area contributed by atoms with E-state index < -0.39 is 0 Å². The number of hydrogen-bond acceptors (Lipinski definition) is 9. The Morgan fingerprint density at radius 1 is 1.05 bits per heavy atom. The van der Waals surface area contributed by atoms with Crippen molar-refractivity contribution in [1.29, 1.82) is 10.5 Å². The minimum atomic E-state index is -0.205. The number of aryl methyl sites for hydroxylation is 1. The number of pyridine rings is 1. The third-order valence-electron chi connectivity index (χ3n) is 5.77. The first-order chi connectivity index (χ1) is 18.5. The van der Waals surface area contributed by atoms with Gasteiger partial charge in [0.2, 0.25) is 5.91 Å². The van der Waals surface area contributed by atoms with Crippen molar-refractivity contribution >= 4 is 40.0 Å². The van der Waals surface area contributed by atoms with Crippen LogP contribution in [0, 0.1) is 22.7 Å². The predicted octanol–water partition coefficient (Wildman–Crippen LogP) is 5.89. The Morgan fingerprint density at radius 3 is 2.37 bits per heavy atom. The second-order valence-electron chi connectivity index (χ2n) is 8.11. The number of amides is 1. The van der Waals surface area contributed by atoms with Crippen LogP contribution in [0.5, 0.6) is 5.75 Å². The average Bonchev–Trinajstić information content (AvgIpc) is 3.41. The van der Waals surface area contributed by atoms with E-state index in [0.29, 0.717) is 21.5 Å². The van der Waals surface area contributed by atoms with Crippen LogP contribution in [0.25, 0.3) is 22.4 Å². The first-order valence-corrected chi connectivity index (χ1v) is 13.6. The lowest BCUT2D eigenvalue weighted by Gasteiger charge is -2.13. The number of thioether (sulfide) groups is 1. The van der Waals surface area contributed by atoms with Gasteiger partial charge in [-0.3, -0.25) is 4.79 Å². The molecule has 0 saturated carbocycles. The molecule has 0 radical (unpaired) electrons. The highest BCUT2D eigenvalue weighted by atomic mass is 32.2. The van der Waals surface area contributed by atoms with E-state index in [1.165, 1.54) is 23.1 Å². The molecule has 0 atom stereocenters. The molecule has 190 valence electrons. The Bertz CT molecular complexity index is 1530. The van der Waals surface area contributed by atoms with Gasteiger partial charge in [-0.15, -0.1) is 23.1 Å². The number of nitriles is 2. The number of benzene rings is 2. The lowest BCUT2D eigenvalue weighted by Crippen LogP contribution is -2.12. The minimum Gasteiger partial charge on any atom is -0.497 e. The number of aromatic nitrogens is 2. The van der Waals surface area contributed by atoms with Gasteiger partial charge >= 0.3 is 0 Å². The fraction of sp³-hybridized carbons (Fsp3) is 0.179. The molecular weight excluding hydrogens is 516 g/mol. The summed E-state index contributed by atoms with van der Waals surface area (Å²) in [7, 11) is 1.61. The van der Waals surface area contributed by atoms with Crippen LogP contribution in [0.3, 0.4) is 0 Å². The molecule has 2 aromatic heterocycles. The maximum atomic E-state index is 12.6. The number of hydrogen-bond donors (Lipinski definition) is 2. The van der Waals surface area contributed by atoms with Gasteiger partial charge in [0.25, 0.3) is 0 Å². The van der Waals surface area contributed by atoms with Crippen molar-refractivity contribution in [3.63, 3.8) is 0 Å². The maximum absolute atomic E-state index is 12.6. The molecular formula is C28H24N6O2S2. The fourth-order valence-electron chi connectivity index (χ4n) is 3.75. The fourth-order valence-corrected chi connectivity index (χ4v) is 5.42. The quantitative estimate of drug-likeness (QED) is 0.251. The summed E-state index contributed by atoms with van der Waals surface area (Å²) in [6, 6.07) is 19.5. The number of rotatable bonds is 9. The summed E-state index contributed by atoms with van der Waals surface area (Å²) < 4.78 is 5.18. The Labute approximate surface area is 229 Å². The number of carbonyl (C=O) groups excluding carboxylic acids is 1. The zero-order valence-corrected chi connectivity index (χ0v) is 22.4. The lowest BCUT2D eigenvalue weighted by atomic mass is 9.96. The van der Waals surface area contributed by atoms with Crippen LogP contribution in [-0.4, -0.2) is 28.7 Å². The van der Waals surface area contributed by atoms with Crippen LogP contribution in [0.1, 0.15) is 30.0 Å². The first-order valence-electron chi connectivity index (χ1n) is 11.7. The van der Waals surface area contributed by atoms with Crippen molar-refractivity contribution in [3.8, 4) is 40.3 Å². The summed E-state index contributed by atoms with van der Waals surface area (Å²) in [5.74, 6) is 0.976. The Hall–Kier alpha value is -4.38. The highest BCUT2D eigenvalue weighted by Crippen LogP contribution is 2.36. The smallest absolute Gasteiger partial charge is 0.226 e. The van der Waals surface area contributed by atoms with E-state index >= 15 is 0 Å². The van der Waals surface area contributed by atoms with Gasteiger partial charge in [-0.1, -0.05) is 31.2 Å². The van der Waals surface area contributed by atoms with Crippen molar-refractivity contribution in [1.82, 2.24) is 9.97 Å². The number of nitrogens with zero attached hydrogens (tertiary/aromatic N) is 4. The number of nitrogens with two attached hydrogens (primary N) is 1. The highest BCUT2D eigenvalue weighted by molar-refractivity contribution is 7.99. The molecule has 0 unspecified atom stereocenters. The summed E-state index contributed by atoms with van der Waals surface area (Å²) in [5.41, 5.74) is 10.6. The zero-order valence-electron chi connectivity index (χ0n) is 20.8. The van der Waals surface area contributed by atoms with Crippen molar-refractivity contribution in [2.45, 2.75) is 24.8 Å². The first kappa shape index (κ1) is 26.7. The SMILES string of the molecule is CCc1ccc(-c2c(C#N)c(N)nc(SCCC(=O)Nc3nc(-c4ccc(OC)cc4)cs3)c2C#N)cc1. The topological polar surface area (TPSA) is 138 Å². The monoisotopic (exact) mass is 540 g/mol. The summed E-state index contributed by atoms with van der Waals surface area (Å²) in [6.45, 7) is 2.06. The molecule has 1 amide bonds. The molecule has 0 aliphatic carbocycles. The van der Waals surface area contributed by atoms with Gasteiger partial charge in [0.15, 0.2) is 5.13 Å². The van der Waals surface area contributed by atoms with Crippen molar-refractivity contribution in [2.75, 3.05) is 23.9 Å². The van der Waals surface area contributed by atoms with Gasteiger partial charge in [-0.2, -0.15) is 10.5 Å². The van der Waals surface area contributed by atoms with Gasteiger partial charge in [0.05, 0.1) is 18.4 Å². The molecule has 0 aliphatic rings. The third-order valence-corrected chi connectivity index (χ3v) is 7.51. The molecule has 38 heavy (non-hydrogen) atoms. The van der Waals surface area contributed by atoms with Crippen LogP contribution < -0.4 is 15.8 Å². The predicted molar refractivity (Wildman–Crippen MR) is 151 cm³/mol. The number of carbonyl (C=O) groups is 1. The summed E-state index contributed by atoms with van der Waals surface area (Å²) in [5, 5.41) is 25.3. The number of nitrogen functional groups attached to an aromatic ring is 1. The number of ether oxygens (including phenoxy) is 1. The lowest BCUT2D eigenvalue weighted by molar-refractivity contribution is -0.115. The van der Waals surface area contributed by atoms with E-state index in [-0.39, 0.29) is 29.3 Å². The molecule has 2 aromatic carbocycles. The van der Waals surface area contributed by atoms with Crippen LogP contribution >= 0.6 is 23.1 Å². The molecule has 0 saturated heterocycles. The van der Waals surface area contributed by atoms with E-state index in [2.05, 4.69) is 34.3 Å². The maximum Gasteiger partial charge on any atom is 0.226 e. The van der Waals surface area contributed by atoms with E-state index in [1.807, 2.05) is 53.9 Å². The second kappa shape index (κ2) is 12.2. The average molecular weight is 541 g/mol. The standard InChI is InChI=1S/C28H24N6O2S2/c1-3-17-4-6-19(7-5-17)25-21(14-29)26(31)34-27(22(25)15-30)37-13-12-24(35)33-28-32-23(16-38-28)18-8-10-20(36-2)11-9-18/h4-11,16H,3,12-13H2,1-2H3,(H2,31,34)(H,32,33,35). The van der Waals surface area contributed by atoms with Gasteiger partial charge in [0.1, 0.15) is 34.3 Å². The molecule has 3 N–H and O–H groups in total. The number of methoxy groups -OCH3 is 1. The molecule has 8 nitrogen and oxygen atoms in total. The number of nitrogens with one attached hydrogen (secondary N) is 1. The molecule has 2 heterocycles. The van der Waals surface area contributed by atoms with E-state index in [0.717, 1.165) is 34.6 Å². The van der Waals surface area contributed by atoms with Gasteiger partial charge < -0.3 is 15.8 Å². The van der Waals surface area contributed by atoms with Gasteiger partial charge in [0, 0.05) is 28.7 Å². The van der Waals surface area contributed by atoms with Crippen LogP contribution in [-0.2, 0) is 11.2 Å². The third kappa shape index (κ3) is 5.94. The van der Waals surface area contributed by atoms with Crippen LogP contribution in [0.2, 0.25) is 0 Å². The second-order valence-corrected chi connectivity index (χ2v) is 10.1. The van der Waals surface area contributed by atoms with Crippen LogP contribution in [0.4, 0.5) is 10.9 Å². The molecule has 0 bridgehead atoms. The van der Waals surface area contributed by atoms with E-state index in [4.69, 9.17) is 10.5 Å². The summed E-state index contributed by atoms with van der Waals surface area (Å²) >= 11 is 2.60. The van der Waals surface area contributed by atoms with E-state index in [1.54, 1.807) is 7.11 Å². The summed E-state index contributed by atoms with van der Waals surface area (Å²) in [4.78, 5) is 21.4. The molecule has 10 heteroatoms. The largest absolute Gasteiger partial charge is 0.497 e. The Kier molecular flexibility index (Phi) is 8.59. The van der Waals surface area contributed by atoms with Crippen molar-refractivity contribution < 1.29 is 9.53 Å².